The van der Waals surface area contributed by atoms with Crippen LogP contribution < -0.4 is 5.32 Å². The minimum atomic E-state index is 0.795. The van der Waals surface area contributed by atoms with Crippen molar-refractivity contribution in [2.75, 3.05) is 5.32 Å². The van der Waals surface area contributed by atoms with E-state index in [0.29, 0.717) is 0 Å². The first kappa shape index (κ1) is 11.1. The summed E-state index contributed by atoms with van der Waals surface area (Å²) in [5.74, 6) is 0. The molecule has 2 nitrogen and oxygen atoms in total. The van der Waals surface area contributed by atoms with E-state index in [-0.39, 0.29) is 0 Å². The molecule has 2 rings (SSSR count). The fraction of sp³-hybridized carbons (Fsp3) is 0.154. The van der Waals surface area contributed by atoms with Gasteiger partial charge in [0.25, 0.3) is 0 Å². The first-order chi connectivity index (χ1) is 7.74. The summed E-state index contributed by atoms with van der Waals surface area (Å²) < 4.78 is 0.867. The zero-order valence-electron chi connectivity index (χ0n) is 9.07. The number of hydrogen-bond acceptors (Lipinski definition) is 2. The Hall–Kier alpha value is -1.35. The number of aromatic nitrogens is 1. The number of hydrogen-bond donors (Lipinski definition) is 1. The van der Waals surface area contributed by atoms with Crippen molar-refractivity contribution in [3.05, 3.63) is 58.3 Å². The van der Waals surface area contributed by atoms with E-state index in [1.54, 1.807) is 0 Å². The molecule has 0 bridgehead atoms. The Balaban J connectivity index is 1.99. The third-order valence-electron chi connectivity index (χ3n) is 2.30. The molecule has 2 aromatic rings. The number of anilines is 1. The van der Waals surface area contributed by atoms with Gasteiger partial charge < -0.3 is 5.32 Å². The monoisotopic (exact) mass is 276 g/mol. The molecule has 0 spiro atoms. The van der Waals surface area contributed by atoms with E-state index in [9.17, 15) is 0 Å². The summed E-state index contributed by atoms with van der Waals surface area (Å²) in [5.41, 5.74) is 3.58. The van der Waals surface area contributed by atoms with Gasteiger partial charge in [0.15, 0.2) is 0 Å². The molecule has 0 aliphatic carbocycles. The highest BCUT2D eigenvalue weighted by Crippen LogP contribution is 2.12. The van der Waals surface area contributed by atoms with Crippen LogP contribution in [-0.2, 0) is 6.54 Å². The van der Waals surface area contributed by atoms with Crippen LogP contribution in [0.25, 0.3) is 0 Å². The lowest BCUT2D eigenvalue weighted by molar-refractivity contribution is 1.10. The highest BCUT2D eigenvalue weighted by atomic mass is 79.9. The number of pyridine rings is 1. The molecule has 1 aromatic carbocycles. The van der Waals surface area contributed by atoms with Gasteiger partial charge in [0.2, 0.25) is 0 Å². The van der Waals surface area contributed by atoms with Crippen molar-refractivity contribution in [3.63, 3.8) is 0 Å². The number of benzene rings is 1. The van der Waals surface area contributed by atoms with Gasteiger partial charge in [0.1, 0.15) is 4.60 Å². The van der Waals surface area contributed by atoms with Gasteiger partial charge in [0, 0.05) is 18.4 Å². The predicted octanol–water partition coefficient (Wildman–Crippen LogP) is 3.76. The van der Waals surface area contributed by atoms with Crippen LogP contribution in [0.4, 0.5) is 5.69 Å². The van der Waals surface area contributed by atoms with E-state index >= 15 is 0 Å². The lowest BCUT2D eigenvalue weighted by atomic mass is 10.2. The highest BCUT2D eigenvalue weighted by Gasteiger charge is 1.95. The summed E-state index contributed by atoms with van der Waals surface area (Å²) >= 11 is 3.32. The fourth-order valence-electron chi connectivity index (χ4n) is 1.47. The Bertz CT molecular complexity index is 466. The minimum absolute atomic E-state index is 0.795. The van der Waals surface area contributed by atoms with Crippen molar-refractivity contribution >= 4 is 21.6 Å². The smallest absolute Gasteiger partial charge is 0.106 e. The van der Waals surface area contributed by atoms with E-state index in [2.05, 4.69) is 63.5 Å². The van der Waals surface area contributed by atoms with Gasteiger partial charge in [-0.2, -0.15) is 0 Å². The van der Waals surface area contributed by atoms with Crippen LogP contribution in [0, 0.1) is 6.92 Å². The van der Waals surface area contributed by atoms with Gasteiger partial charge in [-0.1, -0.05) is 18.2 Å². The lowest BCUT2D eigenvalue weighted by Gasteiger charge is -2.06. The van der Waals surface area contributed by atoms with E-state index in [0.717, 1.165) is 16.8 Å². The van der Waals surface area contributed by atoms with Crippen LogP contribution in [0.1, 0.15) is 11.1 Å². The lowest BCUT2D eigenvalue weighted by Crippen LogP contribution is -1.99. The molecule has 0 unspecified atom stereocenters. The second-order valence-corrected chi connectivity index (χ2v) is 4.52. The molecule has 1 heterocycles. The Morgan fingerprint density at radius 3 is 2.81 bits per heavy atom. The van der Waals surface area contributed by atoms with Crippen LogP contribution in [0.2, 0.25) is 0 Å². The van der Waals surface area contributed by atoms with E-state index in [1.807, 2.05) is 12.3 Å². The SMILES string of the molecule is Cc1cccc(NCc2ccc(Br)nc2)c1. The quantitative estimate of drug-likeness (QED) is 0.864. The number of nitrogens with zero attached hydrogens (tertiary/aromatic N) is 1. The molecule has 0 saturated heterocycles. The largest absolute Gasteiger partial charge is 0.381 e. The molecule has 0 amide bonds. The molecule has 1 aromatic heterocycles. The number of rotatable bonds is 3. The molecular weight excluding hydrogens is 264 g/mol. The second kappa shape index (κ2) is 5.12. The van der Waals surface area contributed by atoms with Crippen LogP contribution in [-0.4, -0.2) is 4.98 Å². The van der Waals surface area contributed by atoms with Gasteiger partial charge >= 0.3 is 0 Å². The number of halogens is 1. The van der Waals surface area contributed by atoms with Crippen molar-refractivity contribution in [2.24, 2.45) is 0 Å². The first-order valence-electron chi connectivity index (χ1n) is 5.15. The van der Waals surface area contributed by atoms with E-state index in [4.69, 9.17) is 0 Å². The summed E-state index contributed by atoms with van der Waals surface area (Å²) in [6, 6.07) is 12.3. The first-order valence-corrected chi connectivity index (χ1v) is 5.94. The van der Waals surface area contributed by atoms with Crippen LogP contribution >= 0.6 is 15.9 Å². The summed E-state index contributed by atoms with van der Waals surface area (Å²) in [5, 5.41) is 3.37. The maximum atomic E-state index is 4.19. The number of aryl methyl sites for hydroxylation is 1. The number of nitrogens with one attached hydrogen (secondary N) is 1. The molecule has 1 N–H and O–H groups in total. The molecule has 16 heavy (non-hydrogen) atoms. The van der Waals surface area contributed by atoms with Gasteiger partial charge in [-0.05, 0) is 52.2 Å². The molecule has 0 fully saturated rings. The van der Waals surface area contributed by atoms with Crippen molar-refractivity contribution in [1.29, 1.82) is 0 Å². The fourth-order valence-corrected chi connectivity index (χ4v) is 1.70. The Morgan fingerprint density at radius 1 is 1.25 bits per heavy atom. The second-order valence-electron chi connectivity index (χ2n) is 3.71. The zero-order chi connectivity index (χ0) is 11.4. The van der Waals surface area contributed by atoms with Crippen LogP contribution in [0.5, 0.6) is 0 Å². The third-order valence-corrected chi connectivity index (χ3v) is 2.77. The molecule has 0 aliphatic heterocycles. The Morgan fingerprint density at radius 2 is 2.12 bits per heavy atom. The predicted molar refractivity (Wildman–Crippen MR) is 70.4 cm³/mol. The minimum Gasteiger partial charge on any atom is -0.381 e. The van der Waals surface area contributed by atoms with Crippen molar-refractivity contribution in [3.8, 4) is 0 Å². The summed E-state index contributed by atoms with van der Waals surface area (Å²) in [4.78, 5) is 4.19. The third kappa shape index (κ3) is 3.07. The normalized spacial score (nSPS) is 10.1. The Kier molecular flexibility index (Phi) is 3.57. The topological polar surface area (TPSA) is 24.9 Å². The summed E-state index contributed by atoms with van der Waals surface area (Å²) in [7, 11) is 0. The van der Waals surface area contributed by atoms with Gasteiger partial charge in [-0.3, -0.25) is 0 Å². The maximum absolute atomic E-state index is 4.19. The summed E-state index contributed by atoms with van der Waals surface area (Å²) in [6.45, 7) is 2.89. The van der Waals surface area contributed by atoms with Crippen LogP contribution in [0.3, 0.4) is 0 Å². The van der Waals surface area contributed by atoms with Crippen molar-refractivity contribution in [1.82, 2.24) is 4.98 Å². The van der Waals surface area contributed by atoms with Crippen LogP contribution in [0.15, 0.2) is 47.2 Å². The van der Waals surface area contributed by atoms with Crippen molar-refractivity contribution in [2.45, 2.75) is 13.5 Å². The average Bonchev–Trinajstić information content (AvgIpc) is 2.28. The maximum Gasteiger partial charge on any atom is 0.106 e. The van der Waals surface area contributed by atoms with Gasteiger partial charge in [-0.15, -0.1) is 0 Å². The molecular formula is C13H13BrN2. The van der Waals surface area contributed by atoms with E-state index < -0.39 is 0 Å². The average molecular weight is 277 g/mol. The highest BCUT2D eigenvalue weighted by molar-refractivity contribution is 9.10. The van der Waals surface area contributed by atoms with E-state index in [1.165, 1.54) is 11.1 Å². The van der Waals surface area contributed by atoms with Crippen molar-refractivity contribution < 1.29 is 0 Å². The van der Waals surface area contributed by atoms with Gasteiger partial charge in [0.05, 0.1) is 0 Å². The van der Waals surface area contributed by atoms with Gasteiger partial charge in [-0.25, -0.2) is 4.98 Å². The molecule has 0 saturated carbocycles. The summed E-state index contributed by atoms with van der Waals surface area (Å²) in [6.07, 6.45) is 1.87. The molecule has 0 aliphatic rings. The zero-order valence-corrected chi connectivity index (χ0v) is 10.7. The standard InChI is InChI=1S/C13H13BrN2/c1-10-3-2-4-12(7-10)15-8-11-5-6-13(14)16-9-11/h2-7,9,15H,8H2,1H3. The molecule has 3 heteroatoms. The molecule has 0 atom stereocenters. The Labute approximate surface area is 104 Å². The molecule has 82 valence electrons. The molecule has 0 radical (unpaired) electrons.